The van der Waals surface area contributed by atoms with Crippen LogP contribution in [0, 0.1) is 6.92 Å². The first kappa shape index (κ1) is 15.2. The molecule has 1 heterocycles. The maximum absolute atomic E-state index is 6.06. The zero-order valence-electron chi connectivity index (χ0n) is 12.4. The SMILES string of the molecule is Cc1ccccc1C(C)(C)OCCSCc1ccco1. The molecule has 2 rings (SSSR count). The number of hydrogen-bond acceptors (Lipinski definition) is 3. The van der Waals surface area contributed by atoms with Crippen molar-refractivity contribution < 1.29 is 9.15 Å². The standard InChI is InChI=1S/C17H22O2S/c1-14-7-4-5-9-16(14)17(2,3)19-11-12-20-13-15-8-6-10-18-15/h4-10H,11-13H2,1-3H3. The highest BCUT2D eigenvalue weighted by molar-refractivity contribution is 7.98. The average molecular weight is 290 g/mol. The molecular formula is C17H22O2S. The first-order valence-electron chi connectivity index (χ1n) is 6.90. The molecule has 0 aliphatic heterocycles. The molecule has 0 aliphatic rings. The van der Waals surface area contributed by atoms with Crippen LogP contribution in [0.3, 0.4) is 0 Å². The molecule has 1 aromatic carbocycles. The van der Waals surface area contributed by atoms with Crippen LogP contribution in [0.25, 0.3) is 0 Å². The smallest absolute Gasteiger partial charge is 0.113 e. The lowest BCUT2D eigenvalue weighted by atomic mass is 9.94. The van der Waals surface area contributed by atoms with Crippen LogP contribution in [-0.2, 0) is 16.1 Å². The molecule has 1 aromatic heterocycles. The molecule has 2 nitrogen and oxygen atoms in total. The lowest BCUT2D eigenvalue weighted by Gasteiger charge is -2.27. The van der Waals surface area contributed by atoms with Gasteiger partial charge in [-0.15, -0.1) is 0 Å². The molecule has 3 heteroatoms. The fourth-order valence-corrected chi connectivity index (χ4v) is 2.96. The van der Waals surface area contributed by atoms with Crippen molar-refractivity contribution in [1.29, 1.82) is 0 Å². The highest BCUT2D eigenvalue weighted by Crippen LogP contribution is 2.27. The molecule has 0 spiro atoms. The van der Waals surface area contributed by atoms with Crippen LogP contribution < -0.4 is 0 Å². The lowest BCUT2D eigenvalue weighted by molar-refractivity contribution is -0.0129. The zero-order valence-corrected chi connectivity index (χ0v) is 13.2. The third kappa shape index (κ3) is 4.15. The van der Waals surface area contributed by atoms with Gasteiger partial charge in [-0.3, -0.25) is 0 Å². The van der Waals surface area contributed by atoms with Gasteiger partial charge in [0.1, 0.15) is 5.76 Å². The zero-order chi connectivity index (χ0) is 14.4. The second-order valence-electron chi connectivity index (χ2n) is 5.31. The number of furan rings is 1. The van der Waals surface area contributed by atoms with E-state index in [-0.39, 0.29) is 5.60 Å². The van der Waals surface area contributed by atoms with Crippen molar-refractivity contribution in [3.63, 3.8) is 0 Å². The topological polar surface area (TPSA) is 22.4 Å². The number of thioether (sulfide) groups is 1. The summed E-state index contributed by atoms with van der Waals surface area (Å²) < 4.78 is 11.4. The van der Waals surface area contributed by atoms with Crippen molar-refractivity contribution in [1.82, 2.24) is 0 Å². The third-order valence-corrected chi connectivity index (χ3v) is 4.25. The van der Waals surface area contributed by atoms with E-state index >= 15 is 0 Å². The normalized spacial score (nSPS) is 11.8. The van der Waals surface area contributed by atoms with Crippen molar-refractivity contribution in [3.05, 3.63) is 59.5 Å². The molecule has 20 heavy (non-hydrogen) atoms. The van der Waals surface area contributed by atoms with Gasteiger partial charge in [0.05, 0.1) is 24.2 Å². The van der Waals surface area contributed by atoms with E-state index in [1.165, 1.54) is 11.1 Å². The Labute approximate surface area is 125 Å². The summed E-state index contributed by atoms with van der Waals surface area (Å²) in [7, 11) is 0. The van der Waals surface area contributed by atoms with E-state index in [4.69, 9.17) is 9.15 Å². The van der Waals surface area contributed by atoms with Gasteiger partial charge < -0.3 is 9.15 Å². The van der Waals surface area contributed by atoms with E-state index in [0.29, 0.717) is 0 Å². The maximum atomic E-state index is 6.06. The summed E-state index contributed by atoms with van der Waals surface area (Å²) >= 11 is 1.83. The second kappa shape index (κ2) is 7.00. The Hall–Kier alpha value is -1.19. The molecule has 0 saturated carbocycles. The predicted octanol–water partition coefficient (Wildman–Crippen LogP) is 4.77. The van der Waals surface area contributed by atoms with Gasteiger partial charge in [-0.25, -0.2) is 0 Å². The van der Waals surface area contributed by atoms with Crippen LogP contribution in [0.2, 0.25) is 0 Å². The molecule has 0 fully saturated rings. The van der Waals surface area contributed by atoms with Gasteiger partial charge in [-0.2, -0.15) is 11.8 Å². The highest BCUT2D eigenvalue weighted by atomic mass is 32.2. The Morgan fingerprint density at radius 1 is 1.15 bits per heavy atom. The summed E-state index contributed by atoms with van der Waals surface area (Å²) in [6.07, 6.45) is 1.72. The molecule has 0 amide bonds. The first-order chi connectivity index (χ1) is 9.59. The molecule has 108 valence electrons. The summed E-state index contributed by atoms with van der Waals surface area (Å²) in [6, 6.07) is 12.3. The number of hydrogen-bond donors (Lipinski definition) is 0. The monoisotopic (exact) mass is 290 g/mol. The largest absolute Gasteiger partial charge is 0.468 e. The highest BCUT2D eigenvalue weighted by Gasteiger charge is 2.22. The molecule has 0 saturated heterocycles. The van der Waals surface area contributed by atoms with Crippen LogP contribution >= 0.6 is 11.8 Å². The number of ether oxygens (including phenoxy) is 1. The second-order valence-corrected chi connectivity index (χ2v) is 6.41. The van der Waals surface area contributed by atoms with Crippen molar-refractivity contribution in [2.45, 2.75) is 32.1 Å². The van der Waals surface area contributed by atoms with E-state index in [9.17, 15) is 0 Å². The number of rotatable bonds is 7. The van der Waals surface area contributed by atoms with Gasteiger partial charge in [0.15, 0.2) is 0 Å². The van der Waals surface area contributed by atoms with Gasteiger partial charge in [-0.05, 0) is 44.0 Å². The summed E-state index contributed by atoms with van der Waals surface area (Å²) in [5.74, 6) is 2.89. The first-order valence-corrected chi connectivity index (χ1v) is 8.05. The molecular weight excluding hydrogens is 268 g/mol. The fraction of sp³-hybridized carbons (Fsp3) is 0.412. The minimum Gasteiger partial charge on any atom is -0.468 e. The summed E-state index contributed by atoms with van der Waals surface area (Å²) in [6.45, 7) is 7.14. The van der Waals surface area contributed by atoms with E-state index in [0.717, 1.165) is 23.9 Å². The van der Waals surface area contributed by atoms with Gasteiger partial charge >= 0.3 is 0 Å². The molecule has 0 bridgehead atoms. The molecule has 2 aromatic rings. The minimum atomic E-state index is -0.239. The van der Waals surface area contributed by atoms with Crippen LogP contribution in [0.15, 0.2) is 47.1 Å². The predicted molar refractivity (Wildman–Crippen MR) is 85.0 cm³/mol. The summed E-state index contributed by atoms with van der Waals surface area (Å²) in [5.41, 5.74) is 2.30. The van der Waals surface area contributed by atoms with E-state index in [1.807, 2.05) is 23.9 Å². The molecule has 0 aliphatic carbocycles. The third-order valence-electron chi connectivity index (χ3n) is 3.31. The Morgan fingerprint density at radius 3 is 2.65 bits per heavy atom. The van der Waals surface area contributed by atoms with Crippen LogP contribution in [0.4, 0.5) is 0 Å². The van der Waals surface area contributed by atoms with Crippen LogP contribution in [0.5, 0.6) is 0 Å². The van der Waals surface area contributed by atoms with Gasteiger partial charge in [0.25, 0.3) is 0 Å². The lowest BCUT2D eigenvalue weighted by Crippen LogP contribution is -2.24. The van der Waals surface area contributed by atoms with E-state index < -0.39 is 0 Å². The fourth-order valence-electron chi connectivity index (χ4n) is 2.25. The molecule has 0 N–H and O–H groups in total. The number of benzene rings is 1. The summed E-state index contributed by atoms with van der Waals surface area (Å²) in [5, 5.41) is 0. The van der Waals surface area contributed by atoms with Gasteiger partial charge in [0.2, 0.25) is 0 Å². The van der Waals surface area contributed by atoms with Crippen molar-refractivity contribution in [3.8, 4) is 0 Å². The average Bonchev–Trinajstić information content (AvgIpc) is 2.91. The maximum Gasteiger partial charge on any atom is 0.113 e. The Morgan fingerprint density at radius 2 is 1.95 bits per heavy atom. The summed E-state index contributed by atoms with van der Waals surface area (Å²) in [4.78, 5) is 0. The van der Waals surface area contributed by atoms with Crippen molar-refractivity contribution in [2.75, 3.05) is 12.4 Å². The van der Waals surface area contributed by atoms with Crippen LogP contribution in [0.1, 0.15) is 30.7 Å². The van der Waals surface area contributed by atoms with Crippen molar-refractivity contribution >= 4 is 11.8 Å². The molecule has 0 atom stereocenters. The van der Waals surface area contributed by atoms with E-state index in [1.54, 1.807) is 6.26 Å². The van der Waals surface area contributed by atoms with Crippen LogP contribution in [-0.4, -0.2) is 12.4 Å². The minimum absolute atomic E-state index is 0.239. The molecule has 0 radical (unpaired) electrons. The number of aryl methyl sites for hydroxylation is 1. The molecule has 0 unspecified atom stereocenters. The van der Waals surface area contributed by atoms with Crippen molar-refractivity contribution in [2.24, 2.45) is 0 Å². The Kier molecular flexibility index (Phi) is 5.32. The van der Waals surface area contributed by atoms with E-state index in [2.05, 4.69) is 45.0 Å². The van der Waals surface area contributed by atoms with Gasteiger partial charge in [-0.1, -0.05) is 24.3 Å². The Balaban J connectivity index is 1.76. The quantitative estimate of drug-likeness (QED) is 0.686. The Bertz CT molecular complexity index is 518. The van der Waals surface area contributed by atoms with Gasteiger partial charge in [0, 0.05) is 5.75 Å².